The fourth-order valence-electron chi connectivity index (χ4n) is 3.43. The maximum atomic E-state index is 12.4. The Kier molecular flexibility index (Phi) is 5.38. The molecule has 2 heterocycles. The van der Waals surface area contributed by atoms with Gasteiger partial charge in [-0.1, -0.05) is 36.7 Å². The van der Waals surface area contributed by atoms with Gasteiger partial charge in [0, 0.05) is 12.0 Å². The number of esters is 1. The molecule has 2 aromatic heterocycles. The third-order valence-electron chi connectivity index (χ3n) is 4.92. The van der Waals surface area contributed by atoms with Crippen LogP contribution < -0.4 is 10.3 Å². The summed E-state index contributed by atoms with van der Waals surface area (Å²) in [5.74, 6) is 0.495. The van der Waals surface area contributed by atoms with E-state index in [1.54, 1.807) is 24.3 Å². The lowest BCUT2D eigenvalue weighted by atomic mass is 9.90. The number of hydrogen-bond donors (Lipinski definition) is 0. The van der Waals surface area contributed by atoms with Gasteiger partial charge >= 0.3 is 5.97 Å². The van der Waals surface area contributed by atoms with E-state index in [9.17, 15) is 9.59 Å². The van der Waals surface area contributed by atoms with Gasteiger partial charge in [-0.15, -0.1) is 0 Å². The monoisotopic (exact) mass is 399 g/mol. The molecule has 0 radical (unpaired) electrons. The van der Waals surface area contributed by atoms with Crippen LogP contribution in [0.4, 0.5) is 0 Å². The highest BCUT2D eigenvalue weighted by atomic mass is 32.1. The first-order valence-electron chi connectivity index (χ1n) is 9.35. The number of benzene rings is 1. The van der Waals surface area contributed by atoms with Crippen LogP contribution >= 0.6 is 11.3 Å². The van der Waals surface area contributed by atoms with Crippen molar-refractivity contribution < 1.29 is 14.3 Å². The van der Waals surface area contributed by atoms with Crippen LogP contribution in [-0.2, 0) is 11.3 Å². The van der Waals surface area contributed by atoms with Crippen LogP contribution in [0.15, 0.2) is 35.1 Å². The number of ether oxygens (including phenoxy) is 2. The summed E-state index contributed by atoms with van der Waals surface area (Å²) < 4.78 is 11.8. The maximum Gasteiger partial charge on any atom is 0.338 e. The summed E-state index contributed by atoms with van der Waals surface area (Å²) in [6.07, 6.45) is 5.89. The van der Waals surface area contributed by atoms with Crippen LogP contribution in [0, 0.1) is 0 Å². The number of hydrogen-bond acceptors (Lipinski definition) is 7. The molecule has 8 heteroatoms. The molecule has 0 unspecified atom stereocenters. The summed E-state index contributed by atoms with van der Waals surface area (Å²) >= 11 is 1.45. The summed E-state index contributed by atoms with van der Waals surface area (Å²) in [6, 6.07) is 8.09. The van der Waals surface area contributed by atoms with E-state index >= 15 is 0 Å². The number of carbonyl (C=O) groups is 1. The predicted octanol–water partition coefficient (Wildman–Crippen LogP) is 3.56. The molecule has 0 aliphatic heterocycles. The van der Waals surface area contributed by atoms with Gasteiger partial charge in [-0.25, -0.2) is 9.78 Å². The topological polar surface area (TPSA) is 82.8 Å². The first-order valence-corrected chi connectivity index (χ1v) is 10.2. The Morgan fingerprint density at radius 1 is 1.25 bits per heavy atom. The normalized spacial score (nSPS) is 14.9. The average molecular weight is 399 g/mol. The summed E-state index contributed by atoms with van der Waals surface area (Å²) in [6.45, 7) is -0.0710. The van der Waals surface area contributed by atoms with E-state index in [-0.39, 0.29) is 12.2 Å². The molecule has 0 bridgehead atoms. The molecular formula is C20H21N3O4S. The predicted molar refractivity (Wildman–Crippen MR) is 105 cm³/mol. The van der Waals surface area contributed by atoms with Crippen molar-refractivity contribution in [3.63, 3.8) is 0 Å². The Bertz CT molecular complexity index is 1050. The molecule has 146 valence electrons. The van der Waals surface area contributed by atoms with Crippen LogP contribution in [0.1, 0.15) is 59.1 Å². The van der Waals surface area contributed by atoms with Crippen LogP contribution in [0.5, 0.6) is 5.75 Å². The molecule has 0 spiro atoms. The molecule has 3 aromatic rings. The molecule has 7 nitrogen and oxygen atoms in total. The first-order chi connectivity index (χ1) is 13.6. The second-order valence-electron chi connectivity index (χ2n) is 6.86. The fraction of sp³-hybridized carbons (Fsp3) is 0.400. The standard InChI is InChI=1S/C20H21N3O4S/c1-26-16-9-5-8-14(10-16)19(25)27-12-15-11-17(24)23-20(21-15)28-18(22-23)13-6-3-2-4-7-13/h5,8-11,13H,2-4,6-7,12H2,1H3. The molecule has 1 saturated carbocycles. The molecule has 1 aromatic carbocycles. The van der Waals surface area contributed by atoms with Crippen molar-refractivity contribution in [2.24, 2.45) is 0 Å². The first kappa shape index (κ1) is 18.6. The molecule has 1 fully saturated rings. The van der Waals surface area contributed by atoms with Crippen molar-refractivity contribution in [3.8, 4) is 5.75 Å². The maximum absolute atomic E-state index is 12.4. The van der Waals surface area contributed by atoms with Gasteiger partial charge in [-0.3, -0.25) is 4.79 Å². The summed E-state index contributed by atoms with van der Waals surface area (Å²) in [5, 5.41) is 5.44. The number of rotatable bonds is 5. The Hall–Kier alpha value is -2.74. The number of aromatic nitrogens is 3. The minimum absolute atomic E-state index is 0.0710. The highest BCUT2D eigenvalue weighted by molar-refractivity contribution is 7.16. The lowest BCUT2D eigenvalue weighted by Crippen LogP contribution is -2.17. The van der Waals surface area contributed by atoms with Crippen molar-refractivity contribution in [2.45, 2.75) is 44.6 Å². The van der Waals surface area contributed by atoms with E-state index in [2.05, 4.69) is 10.1 Å². The second kappa shape index (κ2) is 8.10. The van der Waals surface area contributed by atoms with Gasteiger partial charge in [0.1, 0.15) is 17.4 Å². The SMILES string of the molecule is COc1cccc(C(=O)OCc2cc(=O)n3nc(C4CCCCC4)sc3n2)c1. The quantitative estimate of drug-likeness (QED) is 0.610. The van der Waals surface area contributed by atoms with E-state index in [0.717, 1.165) is 17.8 Å². The van der Waals surface area contributed by atoms with Crippen molar-refractivity contribution in [1.29, 1.82) is 0 Å². The van der Waals surface area contributed by atoms with Gasteiger partial charge in [0.2, 0.25) is 4.96 Å². The molecule has 0 saturated heterocycles. The fourth-order valence-corrected chi connectivity index (χ4v) is 4.52. The molecule has 1 aliphatic carbocycles. The van der Waals surface area contributed by atoms with Crippen molar-refractivity contribution in [2.75, 3.05) is 7.11 Å². The molecule has 1 aliphatic rings. The smallest absolute Gasteiger partial charge is 0.338 e. The third-order valence-corrected chi connectivity index (χ3v) is 6.00. The zero-order valence-electron chi connectivity index (χ0n) is 15.6. The number of nitrogens with zero attached hydrogens (tertiary/aromatic N) is 3. The lowest BCUT2D eigenvalue weighted by Gasteiger charge is -2.18. The zero-order chi connectivity index (χ0) is 19.5. The minimum Gasteiger partial charge on any atom is -0.497 e. The van der Waals surface area contributed by atoms with Gasteiger partial charge in [-0.05, 0) is 31.0 Å². The van der Waals surface area contributed by atoms with Crippen LogP contribution in [0.3, 0.4) is 0 Å². The Morgan fingerprint density at radius 2 is 2.07 bits per heavy atom. The van der Waals surface area contributed by atoms with Crippen LogP contribution in [-0.4, -0.2) is 27.7 Å². The van der Waals surface area contributed by atoms with E-state index in [0.29, 0.717) is 27.9 Å². The number of methoxy groups -OCH3 is 1. The summed E-state index contributed by atoms with van der Waals surface area (Å²) in [5.41, 5.74) is 0.547. The van der Waals surface area contributed by atoms with Crippen LogP contribution in [0.2, 0.25) is 0 Å². The van der Waals surface area contributed by atoms with E-state index in [4.69, 9.17) is 9.47 Å². The highest BCUT2D eigenvalue weighted by Gasteiger charge is 2.21. The Labute approximate surface area is 165 Å². The average Bonchev–Trinajstić information content (AvgIpc) is 3.17. The van der Waals surface area contributed by atoms with E-state index in [1.807, 2.05) is 0 Å². The Balaban J connectivity index is 1.50. The molecule has 0 amide bonds. The van der Waals surface area contributed by atoms with Gasteiger partial charge in [-0.2, -0.15) is 9.61 Å². The van der Waals surface area contributed by atoms with Crippen LogP contribution in [0.25, 0.3) is 4.96 Å². The highest BCUT2D eigenvalue weighted by Crippen LogP contribution is 2.34. The second-order valence-corrected chi connectivity index (χ2v) is 7.85. The minimum atomic E-state index is -0.493. The summed E-state index contributed by atoms with van der Waals surface area (Å²) in [7, 11) is 1.54. The van der Waals surface area contributed by atoms with Crippen molar-refractivity contribution >= 4 is 22.3 Å². The van der Waals surface area contributed by atoms with Gasteiger partial charge in [0.05, 0.1) is 18.4 Å². The molecule has 4 rings (SSSR count). The number of carbonyl (C=O) groups excluding carboxylic acids is 1. The third kappa shape index (κ3) is 3.91. The van der Waals surface area contributed by atoms with E-state index < -0.39 is 5.97 Å². The molecule has 28 heavy (non-hydrogen) atoms. The lowest BCUT2D eigenvalue weighted by molar-refractivity contribution is 0.0467. The molecule has 0 N–H and O–H groups in total. The summed E-state index contributed by atoms with van der Waals surface area (Å²) in [4.78, 5) is 29.7. The molecular weight excluding hydrogens is 378 g/mol. The largest absolute Gasteiger partial charge is 0.497 e. The molecule has 0 atom stereocenters. The number of fused-ring (bicyclic) bond motifs is 1. The van der Waals surface area contributed by atoms with Gasteiger partial charge in [0.25, 0.3) is 5.56 Å². The van der Waals surface area contributed by atoms with Gasteiger partial charge < -0.3 is 9.47 Å². The van der Waals surface area contributed by atoms with Gasteiger partial charge in [0.15, 0.2) is 0 Å². The van der Waals surface area contributed by atoms with E-state index in [1.165, 1.54) is 48.3 Å². The Morgan fingerprint density at radius 3 is 2.86 bits per heavy atom. The zero-order valence-corrected chi connectivity index (χ0v) is 16.4. The van der Waals surface area contributed by atoms with Crippen molar-refractivity contribution in [3.05, 3.63) is 57.0 Å². The van der Waals surface area contributed by atoms with Crippen molar-refractivity contribution in [1.82, 2.24) is 14.6 Å².